The molecule has 1 N–H and O–H groups in total. The first-order valence-electron chi connectivity index (χ1n) is 10.4. The molecule has 1 unspecified atom stereocenters. The molecule has 2 aromatic heterocycles. The molecule has 0 aliphatic carbocycles. The summed E-state index contributed by atoms with van der Waals surface area (Å²) in [5, 5.41) is 13.9. The number of aromatic carboxylic acids is 1. The van der Waals surface area contributed by atoms with E-state index in [1.54, 1.807) is 6.33 Å². The van der Waals surface area contributed by atoms with Gasteiger partial charge in [0.15, 0.2) is 0 Å². The fourth-order valence-corrected chi connectivity index (χ4v) is 5.09. The van der Waals surface area contributed by atoms with Crippen LogP contribution in [0.3, 0.4) is 0 Å². The van der Waals surface area contributed by atoms with E-state index in [0.29, 0.717) is 16.4 Å². The first-order valence-corrected chi connectivity index (χ1v) is 11.2. The average molecular weight is 475 g/mol. The van der Waals surface area contributed by atoms with Crippen molar-refractivity contribution >= 4 is 27.5 Å². The van der Waals surface area contributed by atoms with Crippen LogP contribution in [0.15, 0.2) is 49.1 Å². The summed E-state index contributed by atoms with van der Waals surface area (Å²) >= 11 is 1.27. The molecule has 4 rings (SSSR count). The second-order valence-corrected chi connectivity index (χ2v) is 8.74. The smallest absolute Gasteiger partial charge is 0.417 e. The van der Waals surface area contributed by atoms with E-state index in [2.05, 4.69) is 28.9 Å². The molecule has 2 heterocycles. The van der Waals surface area contributed by atoms with Gasteiger partial charge in [0.2, 0.25) is 0 Å². The first-order chi connectivity index (χ1) is 15.7. The van der Waals surface area contributed by atoms with Gasteiger partial charge >= 0.3 is 12.1 Å². The first kappa shape index (κ1) is 22.9. The maximum absolute atomic E-state index is 13.4. The van der Waals surface area contributed by atoms with Crippen molar-refractivity contribution in [1.29, 1.82) is 0 Å². The molecule has 0 spiro atoms. The van der Waals surface area contributed by atoms with Crippen molar-refractivity contribution in [2.45, 2.75) is 38.9 Å². The minimum absolute atomic E-state index is 0.0240. The Labute approximate surface area is 191 Å². The van der Waals surface area contributed by atoms with Crippen LogP contribution in [0.2, 0.25) is 0 Å². The van der Waals surface area contributed by atoms with E-state index in [0.717, 1.165) is 35.2 Å². The van der Waals surface area contributed by atoms with Gasteiger partial charge in [-0.25, -0.2) is 19.4 Å². The number of alkyl halides is 3. The van der Waals surface area contributed by atoms with Crippen LogP contribution >= 0.6 is 11.3 Å². The van der Waals surface area contributed by atoms with Crippen LogP contribution in [-0.2, 0) is 6.18 Å². The fraction of sp³-hybridized carbons (Fsp3) is 0.304. The number of fused-ring (bicyclic) bond motifs is 1. The number of benzene rings is 2. The Morgan fingerprint density at radius 3 is 2.52 bits per heavy atom. The van der Waals surface area contributed by atoms with Gasteiger partial charge in [-0.2, -0.15) is 18.3 Å². The maximum atomic E-state index is 13.4. The highest BCUT2D eigenvalue weighted by molar-refractivity contribution is 7.21. The minimum atomic E-state index is -4.78. The van der Waals surface area contributed by atoms with Gasteiger partial charge in [0, 0.05) is 5.56 Å². The second kappa shape index (κ2) is 8.93. The minimum Gasteiger partial charge on any atom is -0.478 e. The zero-order chi connectivity index (χ0) is 23.8. The predicted molar refractivity (Wildman–Crippen MR) is 119 cm³/mol. The number of aromatic nitrogens is 4. The van der Waals surface area contributed by atoms with Gasteiger partial charge in [0.25, 0.3) is 0 Å². The largest absolute Gasteiger partial charge is 0.478 e. The number of carbonyl (C=O) groups is 1. The Hall–Kier alpha value is -3.27. The summed E-state index contributed by atoms with van der Waals surface area (Å²) < 4.78 is 43.0. The van der Waals surface area contributed by atoms with Crippen LogP contribution in [0.5, 0.6) is 0 Å². The topological polar surface area (TPSA) is 80.9 Å². The van der Waals surface area contributed by atoms with E-state index in [9.17, 15) is 18.0 Å². The number of carboxylic acids is 1. The maximum Gasteiger partial charge on any atom is 0.417 e. The van der Waals surface area contributed by atoms with E-state index < -0.39 is 23.3 Å². The van der Waals surface area contributed by atoms with Crippen molar-refractivity contribution in [2.24, 2.45) is 5.92 Å². The summed E-state index contributed by atoms with van der Waals surface area (Å²) in [7, 11) is 0. The molecule has 10 heteroatoms. The van der Waals surface area contributed by atoms with Gasteiger partial charge in [0.05, 0.1) is 27.4 Å². The third kappa shape index (κ3) is 4.47. The molecule has 0 aliphatic heterocycles. The average Bonchev–Trinajstić information content (AvgIpc) is 3.45. The van der Waals surface area contributed by atoms with Gasteiger partial charge in [0.1, 0.15) is 17.7 Å². The zero-order valence-electron chi connectivity index (χ0n) is 17.9. The highest BCUT2D eigenvalue weighted by Gasteiger charge is 2.36. The van der Waals surface area contributed by atoms with E-state index in [-0.39, 0.29) is 11.6 Å². The lowest BCUT2D eigenvalue weighted by Crippen LogP contribution is -2.20. The molecule has 0 saturated heterocycles. The van der Waals surface area contributed by atoms with Crippen molar-refractivity contribution in [2.75, 3.05) is 0 Å². The van der Waals surface area contributed by atoms with Gasteiger partial charge in [-0.1, -0.05) is 38.8 Å². The van der Waals surface area contributed by atoms with Crippen LogP contribution in [0, 0.1) is 5.92 Å². The highest BCUT2D eigenvalue weighted by atomic mass is 32.1. The lowest BCUT2D eigenvalue weighted by Gasteiger charge is -2.25. The molecular formula is C23H21F3N4O2S. The molecular weight excluding hydrogens is 453 g/mol. The van der Waals surface area contributed by atoms with Crippen LogP contribution in [-0.4, -0.2) is 30.8 Å². The van der Waals surface area contributed by atoms with Crippen LogP contribution in [0.4, 0.5) is 13.2 Å². The predicted octanol–water partition coefficient (Wildman–Crippen LogP) is 6.30. The van der Waals surface area contributed by atoms with E-state index in [1.807, 2.05) is 22.9 Å². The van der Waals surface area contributed by atoms with Gasteiger partial charge in [-0.3, -0.25) is 0 Å². The Balaban J connectivity index is 1.78. The van der Waals surface area contributed by atoms with E-state index in [1.165, 1.54) is 23.7 Å². The van der Waals surface area contributed by atoms with E-state index in [4.69, 9.17) is 5.11 Å². The molecule has 6 nitrogen and oxygen atoms in total. The van der Waals surface area contributed by atoms with Crippen molar-refractivity contribution in [3.63, 3.8) is 0 Å². The number of thiazole rings is 1. The summed E-state index contributed by atoms with van der Waals surface area (Å²) in [6.07, 6.45) is 0.298. The quantitative estimate of drug-likeness (QED) is 0.340. The number of carboxylic acid groups (broad SMARTS) is 1. The van der Waals surface area contributed by atoms with Crippen LogP contribution < -0.4 is 0 Å². The number of rotatable bonds is 7. The zero-order valence-corrected chi connectivity index (χ0v) is 18.7. The Kier molecular flexibility index (Phi) is 6.20. The molecule has 0 amide bonds. The molecule has 0 radical (unpaired) electrons. The SMILES string of the molecule is CCC(CC)C(c1ccc2nc(-c3ccc(C(=O)O)c(C(F)(F)F)c3)sc2c1)n1cncn1. The summed E-state index contributed by atoms with van der Waals surface area (Å²) in [5.41, 5.74) is -0.0589. The molecule has 1 atom stereocenters. The van der Waals surface area contributed by atoms with Crippen molar-refractivity contribution in [1.82, 2.24) is 19.7 Å². The van der Waals surface area contributed by atoms with Crippen molar-refractivity contribution in [3.8, 4) is 10.6 Å². The standard InChI is InChI=1S/C23H21F3N4O2S/c1-3-13(4-2)20(30-12-27-11-28-30)14-6-8-18-19(10-14)33-21(29-18)15-5-7-16(22(31)32)17(9-15)23(24,25)26/h5-13,20H,3-4H2,1-2H3,(H,31,32). The number of nitrogens with zero attached hydrogens (tertiary/aromatic N) is 4. The molecule has 0 saturated carbocycles. The summed E-state index contributed by atoms with van der Waals surface area (Å²) in [4.78, 5) is 19.8. The fourth-order valence-electron chi connectivity index (χ4n) is 4.08. The molecule has 4 aromatic rings. The Morgan fingerprint density at radius 1 is 1.15 bits per heavy atom. The number of hydrogen-bond acceptors (Lipinski definition) is 5. The lowest BCUT2D eigenvalue weighted by atomic mass is 9.89. The molecule has 2 aromatic carbocycles. The monoisotopic (exact) mass is 474 g/mol. The third-order valence-electron chi connectivity index (χ3n) is 5.77. The number of hydrogen-bond donors (Lipinski definition) is 1. The molecule has 172 valence electrons. The normalized spacial score (nSPS) is 13.0. The van der Waals surface area contributed by atoms with Crippen molar-refractivity contribution < 1.29 is 23.1 Å². The summed E-state index contributed by atoms with van der Waals surface area (Å²) in [6.45, 7) is 4.25. The second-order valence-electron chi connectivity index (χ2n) is 7.71. The molecule has 33 heavy (non-hydrogen) atoms. The van der Waals surface area contributed by atoms with E-state index >= 15 is 0 Å². The highest BCUT2D eigenvalue weighted by Crippen LogP contribution is 2.39. The molecule has 0 fully saturated rings. The van der Waals surface area contributed by atoms with Crippen molar-refractivity contribution in [3.05, 3.63) is 65.7 Å². The van der Waals surface area contributed by atoms with Crippen LogP contribution in [0.25, 0.3) is 20.8 Å². The molecule has 0 bridgehead atoms. The Bertz CT molecular complexity index is 1280. The lowest BCUT2D eigenvalue weighted by molar-refractivity contribution is -0.138. The summed E-state index contributed by atoms with van der Waals surface area (Å²) in [6, 6.07) is 8.98. The van der Waals surface area contributed by atoms with Gasteiger partial charge in [-0.05, 0) is 35.7 Å². The summed E-state index contributed by atoms with van der Waals surface area (Å²) in [5.74, 6) is -1.29. The number of halogens is 3. The van der Waals surface area contributed by atoms with Gasteiger partial charge in [-0.15, -0.1) is 11.3 Å². The van der Waals surface area contributed by atoms with Gasteiger partial charge < -0.3 is 5.11 Å². The molecule has 0 aliphatic rings. The third-order valence-corrected chi connectivity index (χ3v) is 6.84. The van der Waals surface area contributed by atoms with Crippen LogP contribution in [0.1, 0.15) is 54.2 Å². The Morgan fingerprint density at radius 2 is 1.91 bits per heavy atom.